The van der Waals surface area contributed by atoms with Gasteiger partial charge in [0.1, 0.15) is 12.3 Å². The van der Waals surface area contributed by atoms with Gasteiger partial charge in [0.15, 0.2) is 0 Å². The SMILES string of the molecule is CNc1ccnc(C(=O)NCCOC(N)=O)c1. The molecule has 7 heteroatoms. The molecule has 0 aliphatic carbocycles. The molecular formula is C10H14N4O3. The van der Waals surface area contributed by atoms with E-state index in [0.717, 1.165) is 5.69 Å². The number of pyridine rings is 1. The van der Waals surface area contributed by atoms with E-state index in [2.05, 4.69) is 20.4 Å². The van der Waals surface area contributed by atoms with Gasteiger partial charge in [-0.3, -0.25) is 9.78 Å². The van der Waals surface area contributed by atoms with Gasteiger partial charge in [0, 0.05) is 18.9 Å². The van der Waals surface area contributed by atoms with Crippen LogP contribution in [0.2, 0.25) is 0 Å². The molecule has 1 heterocycles. The maximum Gasteiger partial charge on any atom is 0.404 e. The van der Waals surface area contributed by atoms with Crippen LogP contribution in [0.4, 0.5) is 10.5 Å². The first kappa shape index (κ1) is 12.8. The highest BCUT2D eigenvalue weighted by Crippen LogP contribution is 2.06. The zero-order valence-electron chi connectivity index (χ0n) is 9.40. The van der Waals surface area contributed by atoms with Crippen molar-refractivity contribution < 1.29 is 14.3 Å². The van der Waals surface area contributed by atoms with Crippen LogP contribution >= 0.6 is 0 Å². The predicted octanol–water partition coefficient (Wildman–Crippen LogP) is -0.0516. The van der Waals surface area contributed by atoms with Crippen LogP contribution in [-0.4, -0.2) is 37.2 Å². The molecule has 17 heavy (non-hydrogen) atoms. The fourth-order valence-corrected chi connectivity index (χ4v) is 1.12. The van der Waals surface area contributed by atoms with Crippen molar-refractivity contribution in [3.05, 3.63) is 24.0 Å². The molecule has 0 atom stereocenters. The van der Waals surface area contributed by atoms with Crippen molar-refractivity contribution in [3.63, 3.8) is 0 Å². The van der Waals surface area contributed by atoms with Gasteiger partial charge in [-0.25, -0.2) is 4.79 Å². The number of primary amides is 1. The highest BCUT2D eigenvalue weighted by atomic mass is 16.5. The Morgan fingerprint density at radius 1 is 1.53 bits per heavy atom. The highest BCUT2D eigenvalue weighted by Gasteiger charge is 2.06. The summed E-state index contributed by atoms with van der Waals surface area (Å²) in [7, 11) is 1.75. The fraction of sp³-hybridized carbons (Fsp3) is 0.300. The van der Waals surface area contributed by atoms with Crippen LogP contribution in [-0.2, 0) is 4.74 Å². The van der Waals surface area contributed by atoms with Crippen LogP contribution in [0.3, 0.4) is 0 Å². The molecular weight excluding hydrogens is 224 g/mol. The number of ether oxygens (including phenoxy) is 1. The lowest BCUT2D eigenvalue weighted by molar-refractivity contribution is 0.0932. The van der Waals surface area contributed by atoms with Crippen molar-refractivity contribution in [2.24, 2.45) is 5.73 Å². The first-order valence-electron chi connectivity index (χ1n) is 4.97. The molecule has 0 aliphatic heterocycles. The molecule has 7 nitrogen and oxygen atoms in total. The third kappa shape index (κ3) is 4.37. The van der Waals surface area contributed by atoms with E-state index in [9.17, 15) is 9.59 Å². The second-order valence-corrected chi connectivity index (χ2v) is 3.10. The molecule has 0 fully saturated rings. The summed E-state index contributed by atoms with van der Waals surface area (Å²) in [6.45, 7) is 0.222. The van der Waals surface area contributed by atoms with E-state index in [1.807, 2.05) is 0 Å². The fourth-order valence-electron chi connectivity index (χ4n) is 1.12. The minimum Gasteiger partial charge on any atom is -0.448 e. The molecule has 0 unspecified atom stereocenters. The summed E-state index contributed by atoms with van der Waals surface area (Å²) in [6.07, 6.45) is 0.662. The van der Waals surface area contributed by atoms with Gasteiger partial charge in [0.05, 0.1) is 6.54 Å². The van der Waals surface area contributed by atoms with E-state index < -0.39 is 6.09 Å². The van der Waals surface area contributed by atoms with Gasteiger partial charge in [-0.2, -0.15) is 0 Å². The normalized spacial score (nSPS) is 9.47. The van der Waals surface area contributed by atoms with E-state index in [4.69, 9.17) is 5.73 Å². The number of carbonyl (C=O) groups is 2. The second kappa shape index (κ2) is 6.31. The lowest BCUT2D eigenvalue weighted by Gasteiger charge is -2.06. The second-order valence-electron chi connectivity index (χ2n) is 3.10. The van der Waals surface area contributed by atoms with Crippen molar-refractivity contribution in [3.8, 4) is 0 Å². The lowest BCUT2D eigenvalue weighted by atomic mass is 10.3. The van der Waals surface area contributed by atoms with Crippen LogP contribution in [0.1, 0.15) is 10.5 Å². The van der Waals surface area contributed by atoms with Crippen molar-refractivity contribution in [2.75, 3.05) is 25.5 Å². The number of aromatic nitrogens is 1. The molecule has 0 saturated heterocycles. The topological polar surface area (TPSA) is 106 Å². The number of anilines is 1. The van der Waals surface area contributed by atoms with Gasteiger partial charge < -0.3 is 21.1 Å². The number of amides is 2. The van der Waals surface area contributed by atoms with Gasteiger partial charge in [0.2, 0.25) is 0 Å². The average molecular weight is 238 g/mol. The highest BCUT2D eigenvalue weighted by molar-refractivity contribution is 5.93. The molecule has 0 bridgehead atoms. The van der Waals surface area contributed by atoms with E-state index in [1.165, 1.54) is 6.20 Å². The molecule has 92 valence electrons. The van der Waals surface area contributed by atoms with Crippen molar-refractivity contribution in [1.82, 2.24) is 10.3 Å². The van der Waals surface area contributed by atoms with Crippen LogP contribution < -0.4 is 16.4 Å². The van der Waals surface area contributed by atoms with E-state index in [0.29, 0.717) is 0 Å². The summed E-state index contributed by atoms with van der Waals surface area (Å²) in [5.74, 6) is -0.338. The Bertz CT molecular complexity index is 408. The minimum atomic E-state index is -0.866. The number of nitrogens with two attached hydrogens (primary N) is 1. The molecule has 0 saturated carbocycles. The third-order valence-electron chi connectivity index (χ3n) is 1.91. The number of nitrogens with one attached hydrogen (secondary N) is 2. The molecule has 2 amide bonds. The van der Waals surface area contributed by atoms with Crippen LogP contribution in [0.15, 0.2) is 18.3 Å². The monoisotopic (exact) mass is 238 g/mol. The first-order valence-corrected chi connectivity index (χ1v) is 4.97. The lowest BCUT2D eigenvalue weighted by Crippen LogP contribution is -2.29. The number of hydrogen-bond donors (Lipinski definition) is 3. The van der Waals surface area contributed by atoms with Crippen molar-refractivity contribution in [2.45, 2.75) is 0 Å². The Hall–Kier alpha value is -2.31. The molecule has 0 aliphatic rings. The van der Waals surface area contributed by atoms with Crippen LogP contribution in [0, 0.1) is 0 Å². The molecule has 0 aromatic carbocycles. The summed E-state index contributed by atoms with van der Waals surface area (Å²) in [5, 5.41) is 5.44. The zero-order valence-corrected chi connectivity index (χ0v) is 9.40. The van der Waals surface area contributed by atoms with Crippen molar-refractivity contribution >= 4 is 17.7 Å². The average Bonchev–Trinajstić information content (AvgIpc) is 2.34. The molecule has 0 spiro atoms. The summed E-state index contributed by atoms with van der Waals surface area (Å²) < 4.78 is 4.46. The van der Waals surface area contributed by atoms with Gasteiger partial charge >= 0.3 is 6.09 Å². The molecule has 4 N–H and O–H groups in total. The summed E-state index contributed by atoms with van der Waals surface area (Å²) in [4.78, 5) is 25.8. The quantitative estimate of drug-likeness (QED) is 0.623. The van der Waals surface area contributed by atoms with Crippen molar-refractivity contribution in [1.29, 1.82) is 0 Å². The first-order chi connectivity index (χ1) is 8.13. The Labute approximate surface area is 98.4 Å². The summed E-state index contributed by atoms with van der Waals surface area (Å²) in [5.41, 5.74) is 5.84. The number of carbonyl (C=O) groups excluding carboxylic acids is 2. The molecule has 0 radical (unpaired) electrons. The standard InChI is InChI=1S/C10H14N4O3/c1-12-7-2-3-13-8(6-7)9(15)14-4-5-17-10(11)16/h2-3,6H,4-5H2,1H3,(H2,11,16)(H,12,13)(H,14,15). The van der Waals surface area contributed by atoms with Gasteiger partial charge in [-0.15, -0.1) is 0 Å². The maximum absolute atomic E-state index is 11.6. The van der Waals surface area contributed by atoms with Gasteiger partial charge in [-0.1, -0.05) is 0 Å². The van der Waals surface area contributed by atoms with Gasteiger partial charge in [0.25, 0.3) is 5.91 Å². The number of hydrogen-bond acceptors (Lipinski definition) is 5. The smallest absolute Gasteiger partial charge is 0.404 e. The summed E-state index contributed by atoms with van der Waals surface area (Å²) >= 11 is 0. The van der Waals surface area contributed by atoms with Gasteiger partial charge in [-0.05, 0) is 12.1 Å². The van der Waals surface area contributed by atoms with E-state index in [1.54, 1.807) is 19.2 Å². The Balaban J connectivity index is 2.43. The predicted molar refractivity (Wildman–Crippen MR) is 61.7 cm³/mol. The zero-order chi connectivity index (χ0) is 12.7. The molecule has 1 rings (SSSR count). The Kier molecular flexibility index (Phi) is 4.74. The molecule has 1 aromatic heterocycles. The van der Waals surface area contributed by atoms with Crippen LogP contribution in [0.25, 0.3) is 0 Å². The summed E-state index contributed by atoms with van der Waals surface area (Å²) in [6, 6.07) is 3.36. The third-order valence-corrected chi connectivity index (χ3v) is 1.91. The Morgan fingerprint density at radius 3 is 2.94 bits per heavy atom. The maximum atomic E-state index is 11.6. The largest absolute Gasteiger partial charge is 0.448 e. The van der Waals surface area contributed by atoms with Crippen LogP contribution in [0.5, 0.6) is 0 Å². The number of nitrogens with zero attached hydrogens (tertiary/aromatic N) is 1. The van der Waals surface area contributed by atoms with E-state index in [-0.39, 0.29) is 24.8 Å². The van der Waals surface area contributed by atoms with E-state index >= 15 is 0 Å². The Morgan fingerprint density at radius 2 is 2.29 bits per heavy atom. The number of rotatable bonds is 5. The molecule has 1 aromatic rings. The minimum absolute atomic E-state index is 0.0345.